The van der Waals surface area contributed by atoms with Crippen LogP contribution in [0.25, 0.3) is 0 Å². The van der Waals surface area contributed by atoms with Crippen LogP contribution in [-0.4, -0.2) is 62.3 Å². The molecule has 0 bridgehead atoms. The van der Waals surface area contributed by atoms with Crippen LogP contribution in [-0.2, 0) is 4.79 Å². The van der Waals surface area contributed by atoms with Gasteiger partial charge in [-0.05, 0) is 6.42 Å². The third-order valence-corrected chi connectivity index (χ3v) is 4.86. The van der Waals surface area contributed by atoms with Crippen molar-refractivity contribution in [2.24, 2.45) is 0 Å². The number of Topliss-reactive ketones (excluding diaryl/α,β-unsaturated/α-hetero) is 1. The molecule has 4 atom stereocenters. The molecule has 0 rings (SSSR count). The third kappa shape index (κ3) is 12.0. The van der Waals surface area contributed by atoms with Gasteiger partial charge in [0.1, 0.15) is 24.4 Å². The molecule has 0 aromatic carbocycles. The molecule has 0 heterocycles. The van der Waals surface area contributed by atoms with E-state index in [1.54, 1.807) is 0 Å². The molecule has 26 heavy (non-hydrogen) atoms. The Bertz CT molecular complexity index is 336. The SMILES string of the molecule is CCCCCCCCCCCCCCC(=O)C(O)C(O)C(O)C(O)CO. The Morgan fingerprint density at radius 1 is 0.692 bits per heavy atom. The standard InChI is InChI=1S/C20H40O6/c1-2-3-4-5-6-7-8-9-10-11-12-13-14-16(22)18(24)20(26)19(25)17(23)15-21/h17-21,23-26H,2-15H2,1H3. The van der Waals surface area contributed by atoms with Crippen molar-refractivity contribution in [3.63, 3.8) is 0 Å². The number of unbranched alkanes of at least 4 members (excludes halogenated alkanes) is 11. The van der Waals surface area contributed by atoms with Gasteiger partial charge in [0.15, 0.2) is 5.78 Å². The van der Waals surface area contributed by atoms with Crippen LogP contribution in [0.15, 0.2) is 0 Å². The third-order valence-electron chi connectivity index (χ3n) is 4.86. The van der Waals surface area contributed by atoms with Crippen LogP contribution >= 0.6 is 0 Å². The molecule has 0 saturated heterocycles. The molecule has 0 aromatic rings. The average Bonchev–Trinajstić information content (AvgIpc) is 2.66. The van der Waals surface area contributed by atoms with Gasteiger partial charge in [-0.2, -0.15) is 0 Å². The second kappa shape index (κ2) is 16.6. The van der Waals surface area contributed by atoms with E-state index in [2.05, 4.69) is 6.92 Å². The molecule has 0 amide bonds. The van der Waals surface area contributed by atoms with Crippen molar-refractivity contribution in [1.29, 1.82) is 0 Å². The maximum absolute atomic E-state index is 11.8. The van der Waals surface area contributed by atoms with E-state index >= 15 is 0 Å². The van der Waals surface area contributed by atoms with Crippen molar-refractivity contribution in [2.45, 2.75) is 115 Å². The molecular formula is C20H40O6. The number of rotatable bonds is 18. The second-order valence-electron chi connectivity index (χ2n) is 7.28. The van der Waals surface area contributed by atoms with Gasteiger partial charge in [-0.25, -0.2) is 0 Å². The first kappa shape index (κ1) is 25.5. The van der Waals surface area contributed by atoms with E-state index < -0.39 is 36.8 Å². The normalized spacial score (nSPS) is 16.2. The first-order valence-corrected chi connectivity index (χ1v) is 10.3. The minimum atomic E-state index is -1.79. The lowest BCUT2D eigenvalue weighted by Crippen LogP contribution is -2.48. The van der Waals surface area contributed by atoms with E-state index in [-0.39, 0.29) is 6.42 Å². The van der Waals surface area contributed by atoms with Gasteiger partial charge in [0.25, 0.3) is 0 Å². The van der Waals surface area contributed by atoms with Crippen LogP contribution in [0.2, 0.25) is 0 Å². The fraction of sp³-hybridized carbons (Fsp3) is 0.950. The number of hydrogen-bond donors (Lipinski definition) is 5. The van der Waals surface area contributed by atoms with Gasteiger partial charge in [-0.3, -0.25) is 4.79 Å². The van der Waals surface area contributed by atoms with Crippen molar-refractivity contribution < 1.29 is 30.3 Å². The van der Waals surface area contributed by atoms with Crippen LogP contribution < -0.4 is 0 Å². The Morgan fingerprint density at radius 2 is 1.12 bits per heavy atom. The summed E-state index contributed by atoms with van der Waals surface area (Å²) in [5, 5.41) is 46.8. The molecule has 6 nitrogen and oxygen atoms in total. The molecule has 0 aliphatic carbocycles. The fourth-order valence-corrected chi connectivity index (χ4v) is 3.00. The summed E-state index contributed by atoms with van der Waals surface area (Å²) in [4.78, 5) is 11.8. The molecule has 0 saturated carbocycles. The van der Waals surface area contributed by atoms with Gasteiger partial charge in [0.05, 0.1) is 6.61 Å². The second-order valence-corrected chi connectivity index (χ2v) is 7.28. The van der Waals surface area contributed by atoms with Gasteiger partial charge >= 0.3 is 0 Å². The highest BCUT2D eigenvalue weighted by atomic mass is 16.4. The number of hydrogen-bond acceptors (Lipinski definition) is 6. The molecule has 156 valence electrons. The minimum Gasteiger partial charge on any atom is -0.394 e. The van der Waals surface area contributed by atoms with Crippen LogP contribution in [0.5, 0.6) is 0 Å². The average molecular weight is 377 g/mol. The zero-order valence-corrected chi connectivity index (χ0v) is 16.4. The summed E-state index contributed by atoms with van der Waals surface area (Å²) < 4.78 is 0. The topological polar surface area (TPSA) is 118 Å². The van der Waals surface area contributed by atoms with E-state index in [4.69, 9.17) is 5.11 Å². The van der Waals surface area contributed by atoms with Crippen molar-refractivity contribution in [1.82, 2.24) is 0 Å². The number of ketones is 1. The molecular weight excluding hydrogens is 336 g/mol. The molecule has 5 N–H and O–H groups in total. The van der Waals surface area contributed by atoms with Gasteiger partial charge in [-0.15, -0.1) is 0 Å². The summed E-state index contributed by atoms with van der Waals surface area (Å²) in [6.07, 6.45) is 7.42. The van der Waals surface area contributed by atoms with E-state index in [1.165, 1.54) is 51.4 Å². The van der Waals surface area contributed by atoms with Gasteiger partial charge in [0, 0.05) is 6.42 Å². The van der Waals surface area contributed by atoms with E-state index in [1.807, 2.05) is 0 Å². The highest BCUT2D eigenvalue weighted by Gasteiger charge is 2.33. The highest BCUT2D eigenvalue weighted by Crippen LogP contribution is 2.14. The fourth-order valence-electron chi connectivity index (χ4n) is 3.00. The Hall–Kier alpha value is -0.530. The van der Waals surface area contributed by atoms with E-state index in [0.29, 0.717) is 6.42 Å². The lowest BCUT2D eigenvalue weighted by atomic mass is 9.97. The first-order chi connectivity index (χ1) is 12.5. The van der Waals surface area contributed by atoms with Gasteiger partial charge in [-0.1, -0.05) is 77.6 Å². The predicted octanol–water partition coefficient (Wildman–Crippen LogP) is 2.08. The molecule has 0 spiro atoms. The van der Waals surface area contributed by atoms with Crippen molar-refractivity contribution >= 4 is 5.78 Å². The smallest absolute Gasteiger partial charge is 0.164 e. The molecule has 0 aliphatic rings. The maximum Gasteiger partial charge on any atom is 0.164 e. The number of aliphatic hydroxyl groups is 5. The summed E-state index contributed by atoms with van der Waals surface area (Å²) in [7, 11) is 0. The molecule has 6 heteroatoms. The van der Waals surface area contributed by atoms with Crippen LogP contribution in [0.3, 0.4) is 0 Å². The number of carbonyl (C=O) groups excluding carboxylic acids is 1. The molecule has 0 radical (unpaired) electrons. The first-order valence-electron chi connectivity index (χ1n) is 10.3. The summed E-state index contributed by atoms with van der Waals surface area (Å²) in [5.74, 6) is -0.547. The van der Waals surface area contributed by atoms with E-state index in [0.717, 1.165) is 19.3 Å². The van der Waals surface area contributed by atoms with Gasteiger partial charge in [0.2, 0.25) is 0 Å². The Labute approximate surface area is 158 Å². The largest absolute Gasteiger partial charge is 0.394 e. The van der Waals surface area contributed by atoms with E-state index in [9.17, 15) is 25.2 Å². The zero-order valence-electron chi connectivity index (χ0n) is 16.4. The lowest BCUT2D eigenvalue weighted by molar-refractivity contribution is -0.147. The predicted molar refractivity (Wildman–Crippen MR) is 102 cm³/mol. The summed E-state index contributed by atoms with van der Waals surface area (Å²) in [6.45, 7) is 1.47. The van der Waals surface area contributed by atoms with Crippen LogP contribution in [0.4, 0.5) is 0 Å². The Balaban J connectivity index is 3.61. The maximum atomic E-state index is 11.8. The van der Waals surface area contributed by atoms with Crippen LogP contribution in [0.1, 0.15) is 90.4 Å². The van der Waals surface area contributed by atoms with Crippen molar-refractivity contribution in [3.8, 4) is 0 Å². The van der Waals surface area contributed by atoms with Gasteiger partial charge < -0.3 is 25.5 Å². The summed E-state index contributed by atoms with van der Waals surface area (Å²) in [5.41, 5.74) is 0. The Kier molecular flexibility index (Phi) is 16.3. The zero-order chi connectivity index (χ0) is 19.8. The van der Waals surface area contributed by atoms with Crippen molar-refractivity contribution in [3.05, 3.63) is 0 Å². The quantitative estimate of drug-likeness (QED) is 0.234. The van der Waals surface area contributed by atoms with Crippen LogP contribution in [0, 0.1) is 0 Å². The highest BCUT2D eigenvalue weighted by molar-refractivity contribution is 5.83. The molecule has 4 unspecified atom stereocenters. The minimum absolute atomic E-state index is 0.137. The molecule has 0 fully saturated rings. The molecule has 0 aliphatic heterocycles. The Morgan fingerprint density at radius 3 is 1.54 bits per heavy atom. The summed E-state index contributed by atoms with van der Waals surface area (Å²) >= 11 is 0. The monoisotopic (exact) mass is 376 g/mol. The summed E-state index contributed by atoms with van der Waals surface area (Å²) in [6, 6.07) is 0. The van der Waals surface area contributed by atoms with Crippen molar-refractivity contribution in [2.75, 3.05) is 6.61 Å². The lowest BCUT2D eigenvalue weighted by Gasteiger charge is -2.24. The number of aliphatic hydroxyl groups excluding tert-OH is 5. The molecule has 0 aromatic heterocycles. The number of carbonyl (C=O) groups is 1.